The predicted molar refractivity (Wildman–Crippen MR) is 174 cm³/mol. The molecule has 0 aliphatic carbocycles. The number of thioether (sulfide) groups is 1. The van der Waals surface area contributed by atoms with Crippen molar-refractivity contribution in [3.8, 4) is 5.75 Å². The highest BCUT2D eigenvalue weighted by Crippen LogP contribution is 2.34. The molecule has 0 fully saturated rings. The van der Waals surface area contributed by atoms with E-state index in [9.17, 15) is 4.79 Å². The first-order chi connectivity index (χ1) is 18.2. The Morgan fingerprint density at radius 1 is 0.923 bits per heavy atom. The van der Waals surface area contributed by atoms with Crippen molar-refractivity contribution in [3.63, 3.8) is 0 Å². The number of unbranched alkanes of at least 4 members (excludes halogenated alkanes) is 7. The molecule has 7 heteroatoms. The van der Waals surface area contributed by atoms with Crippen LogP contribution in [-0.2, 0) is 12.0 Å². The second kappa shape index (κ2) is 16.9. The van der Waals surface area contributed by atoms with Gasteiger partial charge in [0.05, 0.1) is 12.5 Å². The number of halogens is 1. The Hall–Kier alpha value is -2.12. The van der Waals surface area contributed by atoms with E-state index in [4.69, 9.17) is 4.74 Å². The number of hydrogen-bond donors (Lipinski definition) is 2. The summed E-state index contributed by atoms with van der Waals surface area (Å²) in [6.07, 6.45) is 12.5. The van der Waals surface area contributed by atoms with Gasteiger partial charge in [-0.25, -0.2) is 4.79 Å². The fraction of sp³-hybridized carbons (Fsp3) is 0.531. The smallest absolute Gasteiger partial charge is 0.323 e. The molecule has 0 radical (unpaired) electrons. The zero-order chi connectivity index (χ0) is 27.4. The first-order valence-corrected chi connectivity index (χ1v) is 15.2. The van der Waals surface area contributed by atoms with Crippen LogP contribution in [0.3, 0.4) is 0 Å². The lowest BCUT2D eigenvalue weighted by Crippen LogP contribution is -2.20. The summed E-state index contributed by atoms with van der Waals surface area (Å²) >= 11 is 1.86. The minimum Gasteiger partial charge on any atom is -0.493 e. The van der Waals surface area contributed by atoms with Gasteiger partial charge in [-0.2, -0.15) is 0 Å². The molecule has 2 amide bonds. The second-order valence-electron chi connectivity index (χ2n) is 11.3. The molecule has 216 valence electrons. The number of ether oxygens (including phenoxy) is 1. The van der Waals surface area contributed by atoms with E-state index in [2.05, 4.69) is 68.5 Å². The predicted octanol–water partition coefficient (Wildman–Crippen LogP) is 10.1. The van der Waals surface area contributed by atoms with E-state index in [1.807, 2.05) is 42.1 Å². The van der Waals surface area contributed by atoms with Crippen molar-refractivity contribution in [2.24, 2.45) is 0 Å². The van der Waals surface area contributed by atoms with Crippen LogP contribution in [0.15, 0.2) is 53.6 Å². The Balaban J connectivity index is 0.00000533. The summed E-state index contributed by atoms with van der Waals surface area (Å²) in [4.78, 5) is 16.4. The Morgan fingerprint density at radius 2 is 1.54 bits per heavy atom. The van der Waals surface area contributed by atoms with Crippen LogP contribution in [0.2, 0.25) is 0 Å². The summed E-state index contributed by atoms with van der Waals surface area (Å²) in [6, 6.07) is 13.7. The van der Waals surface area contributed by atoms with Crippen LogP contribution in [0.4, 0.5) is 16.2 Å². The molecule has 0 saturated heterocycles. The van der Waals surface area contributed by atoms with Gasteiger partial charge >= 0.3 is 6.03 Å². The molecule has 0 aromatic heterocycles. The number of nitrogens with zero attached hydrogens (tertiary/aromatic N) is 1. The minimum atomic E-state index is -0.250. The van der Waals surface area contributed by atoms with Crippen molar-refractivity contribution < 1.29 is 9.53 Å². The molecule has 0 unspecified atom stereocenters. The van der Waals surface area contributed by atoms with Gasteiger partial charge in [0.15, 0.2) is 0 Å². The van der Waals surface area contributed by atoms with E-state index >= 15 is 0 Å². The molecule has 1 aliphatic rings. The van der Waals surface area contributed by atoms with Gasteiger partial charge in [-0.05, 0) is 59.6 Å². The number of rotatable bonds is 14. The summed E-state index contributed by atoms with van der Waals surface area (Å²) in [5.41, 5.74) is 3.76. The molecule has 0 bridgehead atoms. The van der Waals surface area contributed by atoms with E-state index in [1.165, 1.54) is 55.4 Å². The number of carbonyl (C=O) groups excluding carboxylic acids is 1. The minimum absolute atomic E-state index is 0. The molecule has 2 aromatic carbocycles. The van der Waals surface area contributed by atoms with Crippen LogP contribution in [0.25, 0.3) is 0 Å². The average molecular weight is 619 g/mol. The van der Waals surface area contributed by atoms with E-state index in [1.54, 1.807) is 0 Å². The maximum atomic E-state index is 12.7. The number of hydrogen-bond acceptors (Lipinski definition) is 4. The Bertz CT molecular complexity index is 1050. The first-order valence-electron chi connectivity index (χ1n) is 14.2. The summed E-state index contributed by atoms with van der Waals surface area (Å²) in [5.74, 6) is 1.90. The van der Waals surface area contributed by atoms with Crippen LogP contribution in [0, 0.1) is 0 Å². The standard InChI is InChI=1S/C32H47N3O2S.BrH/c1-6-7-8-9-10-11-12-13-20-37-30-19-18-28(21-29(30)32(3,4)5)34-31(36)33-27-16-14-26(15-17-27)23-35-22-25(2)38-24-35;/h14-19,21-22H,6-13,20,23-24H2,1-5H3,(H2,33,34,36);1H. The number of allylic oxidation sites excluding steroid dienone is 1. The lowest BCUT2D eigenvalue weighted by molar-refractivity contribution is 0.262. The summed E-state index contributed by atoms with van der Waals surface area (Å²) in [6.45, 7) is 12.5. The molecule has 2 N–H and O–H groups in total. The zero-order valence-electron chi connectivity index (χ0n) is 24.5. The van der Waals surface area contributed by atoms with Crippen LogP contribution in [0.5, 0.6) is 5.75 Å². The van der Waals surface area contributed by atoms with Gasteiger partial charge in [-0.3, -0.25) is 0 Å². The third kappa shape index (κ3) is 11.9. The van der Waals surface area contributed by atoms with Gasteiger partial charge in [0.1, 0.15) is 5.75 Å². The summed E-state index contributed by atoms with van der Waals surface area (Å²) in [5, 5.41) is 5.94. The second-order valence-corrected chi connectivity index (χ2v) is 12.5. The molecule has 1 heterocycles. The van der Waals surface area contributed by atoms with Crippen LogP contribution in [0.1, 0.15) is 97.1 Å². The molecular formula is C32H48BrN3O2S. The van der Waals surface area contributed by atoms with Crippen molar-refractivity contribution in [3.05, 3.63) is 64.7 Å². The van der Waals surface area contributed by atoms with Crippen LogP contribution >= 0.6 is 28.7 Å². The lowest BCUT2D eigenvalue weighted by atomic mass is 9.86. The molecule has 1 aliphatic heterocycles. The van der Waals surface area contributed by atoms with Gasteiger partial charge in [0, 0.05) is 29.7 Å². The number of carbonyl (C=O) groups is 1. The van der Waals surface area contributed by atoms with Crippen molar-refractivity contribution in [1.29, 1.82) is 0 Å². The Kier molecular flexibility index (Phi) is 14.3. The highest BCUT2D eigenvalue weighted by atomic mass is 79.9. The van der Waals surface area contributed by atoms with E-state index in [-0.39, 0.29) is 28.4 Å². The van der Waals surface area contributed by atoms with E-state index < -0.39 is 0 Å². The number of anilines is 2. The molecule has 0 atom stereocenters. The third-order valence-electron chi connectivity index (χ3n) is 6.72. The summed E-state index contributed by atoms with van der Waals surface area (Å²) < 4.78 is 6.19. The van der Waals surface area contributed by atoms with Crippen LogP contribution in [-0.4, -0.2) is 23.4 Å². The molecule has 39 heavy (non-hydrogen) atoms. The van der Waals surface area contributed by atoms with Gasteiger partial charge in [-0.15, -0.1) is 28.7 Å². The molecular weight excluding hydrogens is 570 g/mol. The van der Waals surface area contributed by atoms with Gasteiger partial charge in [-0.1, -0.05) is 84.8 Å². The molecule has 2 aromatic rings. The van der Waals surface area contributed by atoms with Crippen molar-refractivity contribution in [2.75, 3.05) is 23.1 Å². The topological polar surface area (TPSA) is 53.6 Å². The van der Waals surface area contributed by atoms with E-state index in [0.29, 0.717) is 0 Å². The SMILES string of the molecule is Br.CCCCCCCCCCOc1ccc(NC(=O)Nc2ccc(CN3C=C(C)SC3)cc2)cc1C(C)(C)C. The van der Waals surface area contributed by atoms with Gasteiger partial charge in [0.2, 0.25) is 0 Å². The quantitative estimate of drug-likeness (QED) is 0.207. The van der Waals surface area contributed by atoms with Gasteiger partial charge < -0.3 is 20.3 Å². The normalized spacial score (nSPS) is 13.1. The molecule has 5 nitrogen and oxygen atoms in total. The Morgan fingerprint density at radius 3 is 2.15 bits per heavy atom. The molecule has 3 rings (SSSR count). The number of amides is 2. The largest absolute Gasteiger partial charge is 0.493 e. The van der Waals surface area contributed by atoms with Crippen molar-refractivity contribution in [2.45, 2.75) is 97.9 Å². The average Bonchev–Trinajstić information content (AvgIpc) is 3.28. The maximum absolute atomic E-state index is 12.7. The highest BCUT2D eigenvalue weighted by molar-refractivity contribution is 8.93. The van der Waals surface area contributed by atoms with Gasteiger partial charge in [0.25, 0.3) is 0 Å². The van der Waals surface area contributed by atoms with Crippen molar-refractivity contribution >= 4 is 46.1 Å². The molecule has 0 saturated carbocycles. The fourth-order valence-corrected chi connectivity index (χ4v) is 5.33. The third-order valence-corrected chi connectivity index (χ3v) is 7.74. The van der Waals surface area contributed by atoms with Crippen LogP contribution < -0.4 is 15.4 Å². The number of urea groups is 1. The highest BCUT2D eigenvalue weighted by Gasteiger charge is 2.20. The summed E-state index contributed by atoms with van der Waals surface area (Å²) in [7, 11) is 0. The fourth-order valence-electron chi connectivity index (χ4n) is 4.57. The maximum Gasteiger partial charge on any atom is 0.323 e. The number of nitrogens with one attached hydrogen (secondary N) is 2. The lowest BCUT2D eigenvalue weighted by Gasteiger charge is -2.24. The van der Waals surface area contributed by atoms with E-state index in [0.717, 1.165) is 48.1 Å². The monoisotopic (exact) mass is 617 g/mol. The first kappa shape index (κ1) is 33.1. The number of benzene rings is 2. The molecule has 0 spiro atoms. The van der Waals surface area contributed by atoms with Crippen molar-refractivity contribution in [1.82, 2.24) is 4.90 Å². The Labute approximate surface area is 251 Å². The zero-order valence-corrected chi connectivity index (χ0v) is 27.0.